The van der Waals surface area contributed by atoms with E-state index in [1.165, 1.54) is 5.56 Å². The number of nitrogens with two attached hydrogens (primary N) is 1. The van der Waals surface area contributed by atoms with Crippen LogP contribution in [0, 0.1) is 5.92 Å². The third kappa shape index (κ3) is 7.43. The molecule has 4 nitrogen and oxygen atoms in total. The Morgan fingerprint density at radius 3 is 2.62 bits per heavy atom. The SMILES string of the molecule is CSCC[C@H](N)C(=O)NCC1CCN(Cc2ccccc2)CC1.Cl. The van der Waals surface area contributed by atoms with Gasteiger partial charge < -0.3 is 11.1 Å². The lowest BCUT2D eigenvalue weighted by Crippen LogP contribution is -2.44. The van der Waals surface area contributed by atoms with Crippen LogP contribution in [0.15, 0.2) is 30.3 Å². The van der Waals surface area contributed by atoms with Gasteiger partial charge in [0.25, 0.3) is 0 Å². The fourth-order valence-corrected chi connectivity index (χ4v) is 3.43. The molecule has 3 N–H and O–H groups in total. The van der Waals surface area contributed by atoms with Crippen molar-refractivity contribution >= 4 is 30.1 Å². The van der Waals surface area contributed by atoms with Crippen LogP contribution in [0.2, 0.25) is 0 Å². The maximum Gasteiger partial charge on any atom is 0.236 e. The van der Waals surface area contributed by atoms with Crippen molar-refractivity contribution in [1.29, 1.82) is 0 Å². The van der Waals surface area contributed by atoms with Crippen molar-refractivity contribution in [2.75, 3.05) is 31.6 Å². The zero-order valence-corrected chi connectivity index (χ0v) is 16.1. The summed E-state index contributed by atoms with van der Waals surface area (Å²) in [5.74, 6) is 1.52. The second kappa shape index (κ2) is 11.7. The molecule has 6 heteroatoms. The van der Waals surface area contributed by atoms with E-state index in [1.54, 1.807) is 11.8 Å². The molecule has 0 saturated carbocycles. The number of likely N-dealkylation sites (tertiary alicyclic amines) is 1. The van der Waals surface area contributed by atoms with Crippen LogP contribution < -0.4 is 11.1 Å². The summed E-state index contributed by atoms with van der Waals surface area (Å²) in [6, 6.07) is 10.3. The molecule has 1 heterocycles. The fourth-order valence-electron chi connectivity index (χ4n) is 2.94. The molecule has 24 heavy (non-hydrogen) atoms. The average molecular weight is 372 g/mol. The van der Waals surface area contributed by atoms with Crippen molar-refractivity contribution < 1.29 is 4.79 Å². The first-order valence-electron chi connectivity index (χ1n) is 8.47. The smallest absolute Gasteiger partial charge is 0.236 e. The first-order chi connectivity index (χ1) is 11.2. The van der Waals surface area contributed by atoms with Crippen LogP contribution in [-0.2, 0) is 11.3 Å². The summed E-state index contributed by atoms with van der Waals surface area (Å²) in [6.45, 7) is 4.01. The Bertz CT molecular complexity index is 467. The van der Waals surface area contributed by atoms with Gasteiger partial charge in [0, 0.05) is 13.1 Å². The molecule has 1 aromatic carbocycles. The van der Waals surface area contributed by atoms with Gasteiger partial charge in [-0.05, 0) is 55.8 Å². The maximum atomic E-state index is 11.9. The lowest BCUT2D eigenvalue weighted by Gasteiger charge is -2.32. The maximum absolute atomic E-state index is 11.9. The molecular formula is C18H30ClN3OS. The highest BCUT2D eigenvalue weighted by molar-refractivity contribution is 7.98. The second-order valence-corrected chi connectivity index (χ2v) is 7.32. The number of piperidine rings is 1. The largest absolute Gasteiger partial charge is 0.354 e. The molecule has 0 spiro atoms. The van der Waals surface area contributed by atoms with Crippen molar-refractivity contribution in [2.45, 2.75) is 31.8 Å². The van der Waals surface area contributed by atoms with E-state index in [-0.39, 0.29) is 24.4 Å². The number of carbonyl (C=O) groups excluding carboxylic acids is 1. The molecule has 1 aliphatic heterocycles. The molecule has 0 radical (unpaired) electrons. The van der Waals surface area contributed by atoms with Crippen LogP contribution >= 0.6 is 24.2 Å². The highest BCUT2D eigenvalue weighted by atomic mass is 35.5. The molecule has 0 aliphatic carbocycles. The molecule has 0 bridgehead atoms. The summed E-state index contributed by atoms with van der Waals surface area (Å²) in [5.41, 5.74) is 7.27. The summed E-state index contributed by atoms with van der Waals surface area (Å²) in [5, 5.41) is 3.03. The number of thioether (sulfide) groups is 1. The van der Waals surface area contributed by atoms with E-state index < -0.39 is 0 Å². The monoisotopic (exact) mass is 371 g/mol. The van der Waals surface area contributed by atoms with Gasteiger partial charge in [-0.2, -0.15) is 11.8 Å². The van der Waals surface area contributed by atoms with E-state index in [2.05, 4.69) is 40.5 Å². The highest BCUT2D eigenvalue weighted by Crippen LogP contribution is 2.18. The number of nitrogens with one attached hydrogen (secondary N) is 1. The van der Waals surface area contributed by atoms with Gasteiger partial charge in [-0.15, -0.1) is 12.4 Å². The van der Waals surface area contributed by atoms with Gasteiger partial charge in [0.1, 0.15) is 0 Å². The van der Waals surface area contributed by atoms with Crippen molar-refractivity contribution in [2.24, 2.45) is 11.7 Å². The number of amides is 1. The van der Waals surface area contributed by atoms with Crippen LogP contribution in [0.4, 0.5) is 0 Å². The topological polar surface area (TPSA) is 58.4 Å². The minimum atomic E-state index is -0.361. The minimum absolute atomic E-state index is 0. The van der Waals surface area contributed by atoms with Crippen LogP contribution in [0.25, 0.3) is 0 Å². The average Bonchev–Trinajstić information content (AvgIpc) is 2.59. The number of hydrogen-bond donors (Lipinski definition) is 2. The number of rotatable bonds is 8. The van der Waals surface area contributed by atoms with Gasteiger partial charge in [0.2, 0.25) is 5.91 Å². The third-order valence-corrected chi connectivity index (χ3v) is 5.13. The molecule has 1 amide bonds. The van der Waals surface area contributed by atoms with Gasteiger partial charge in [0.05, 0.1) is 6.04 Å². The molecule has 1 fully saturated rings. The Labute approximate surface area is 156 Å². The van der Waals surface area contributed by atoms with Crippen LogP contribution in [0.3, 0.4) is 0 Å². The van der Waals surface area contributed by atoms with E-state index in [1.807, 2.05) is 6.26 Å². The number of nitrogens with zero attached hydrogens (tertiary/aromatic N) is 1. The Kier molecular flexibility index (Phi) is 10.4. The molecular weight excluding hydrogens is 342 g/mol. The summed E-state index contributed by atoms with van der Waals surface area (Å²) >= 11 is 1.73. The number of benzene rings is 1. The van der Waals surface area contributed by atoms with E-state index in [0.29, 0.717) is 5.92 Å². The molecule has 1 atom stereocenters. The minimum Gasteiger partial charge on any atom is -0.354 e. The quantitative estimate of drug-likeness (QED) is 0.737. The van der Waals surface area contributed by atoms with Crippen molar-refractivity contribution in [3.8, 4) is 0 Å². The van der Waals surface area contributed by atoms with Crippen molar-refractivity contribution in [1.82, 2.24) is 10.2 Å². The Balaban J connectivity index is 0.00000288. The lowest BCUT2D eigenvalue weighted by atomic mass is 9.96. The van der Waals surface area contributed by atoms with E-state index >= 15 is 0 Å². The highest BCUT2D eigenvalue weighted by Gasteiger charge is 2.21. The Hall–Kier alpha value is -0.750. The lowest BCUT2D eigenvalue weighted by molar-refractivity contribution is -0.122. The fraction of sp³-hybridized carbons (Fsp3) is 0.611. The second-order valence-electron chi connectivity index (χ2n) is 6.34. The Morgan fingerprint density at radius 2 is 2.00 bits per heavy atom. The summed E-state index contributed by atoms with van der Waals surface area (Å²) in [6.07, 6.45) is 5.08. The zero-order valence-electron chi connectivity index (χ0n) is 14.4. The first-order valence-corrected chi connectivity index (χ1v) is 9.87. The summed E-state index contributed by atoms with van der Waals surface area (Å²) < 4.78 is 0. The molecule has 1 saturated heterocycles. The van der Waals surface area contributed by atoms with Gasteiger partial charge in [-0.1, -0.05) is 30.3 Å². The van der Waals surface area contributed by atoms with E-state index in [0.717, 1.165) is 51.2 Å². The predicted octanol–water partition coefficient (Wildman–Crippen LogP) is 2.52. The van der Waals surface area contributed by atoms with Crippen molar-refractivity contribution in [3.05, 3.63) is 35.9 Å². The molecule has 136 valence electrons. The number of carbonyl (C=O) groups is 1. The predicted molar refractivity (Wildman–Crippen MR) is 106 cm³/mol. The van der Waals surface area contributed by atoms with Crippen LogP contribution in [-0.4, -0.2) is 48.5 Å². The number of halogens is 1. The number of hydrogen-bond acceptors (Lipinski definition) is 4. The Morgan fingerprint density at radius 1 is 1.33 bits per heavy atom. The van der Waals surface area contributed by atoms with Crippen molar-refractivity contribution in [3.63, 3.8) is 0 Å². The van der Waals surface area contributed by atoms with E-state index in [9.17, 15) is 4.79 Å². The molecule has 0 aromatic heterocycles. The standard InChI is InChI=1S/C18H29N3OS.ClH/c1-23-12-9-17(19)18(22)20-13-15-7-10-21(11-8-15)14-16-5-3-2-4-6-16;/h2-6,15,17H,7-14,19H2,1H3,(H,20,22);1H/t17-;/m0./s1. The molecule has 0 unspecified atom stereocenters. The molecule has 1 aliphatic rings. The van der Waals surface area contributed by atoms with Gasteiger partial charge in [0.15, 0.2) is 0 Å². The zero-order chi connectivity index (χ0) is 16.5. The first kappa shape index (κ1) is 21.3. The third-order valence-electron chi connectivity index (χ3n) is 4.49. The normalized spacial score (nSPS) is 17.1. The van der Waals surface area contributed by atoms with Gasteiger partial charge >= 0.3 is 0 Å². The van der Waals surface area contributed by atoms with E-state index in [4.69, 9.17) is 5.73 Å². The van der Waals surface area contributed by atoms with Gasteiger partial charge in [-0.25, -0.2) is 0 Å². The molecule has 2 rings (SSSR count). The molecule has 1 aromatic rings. The van der Waals surface area contributed by atoms with Gasteiger partial charge in [-0.3, -0.25) is 9.69 Å². The van der Waals surface area contributed by atoms with Crippen LogP contribution in [0.5, 0.6) is 0 Å². The summed E-state index contributed by atoms with van der Waals surface area (Å²) in [4.78, 5) is 14.4. The summed E-state index contributed by atoms with van der Waals surface area (Å²) in [7, 11) is 0. The van der Waals surface area contributed by atoms with Crippen LogP contribution in [0.1, 0.15) is 24.8 Å².